The van der Waals surface area contributed by atoms with Crippen LogP contribution < -0.4 is 10.2 Å². The number of likely N-dealkylation sites (N-methyl/N-ethyl adjacent to an activating group) is 1. The summed E-state index contributed by atoms with van der Waals surface area (Å²) in [4.78, 5) is 27.4. The Balaban J connectivity index is 1.73. The van der Waals surface area contributed by atoms with Crippen LogP contribution in [0.15, 0.2) is 54.9 Å². The predicted molar refractivity (Wildman–Crippen MR) is 107 cm³/mol. The van der Waals surface area contributed by atoms with Gasteiger partial charge in [0, 0.05) is 37.4 Å². The summed E-state index contributed by atoms with van der Waals surface area (Å²) in [5.41, 5.74) is 3.18. The lowest BCUT2D eigenvalue weighted by molar-refractivity contribution is 0.102. The second-order valence-corrected chi connectivity index (χ2v) is 6.37. The Hall–Kier alpha value is -3.79. The maximum Gasteiger partial charge on any atom is 0.274 e. The van der Waals surface area contributed by atoms with Gasteiger partial charge in [0.25, 0.3) is 5.91 Å². The lowest BCUT2D eigenvalue weighted by atomic mass is 10.2. The number of aryl methyl sites for hydroxylation is 1. The number of aromatic nitrogens is 3. The molecule has 0 aliphatic carbocycles. The van der Waals surface area contributed by atoms with Crippen molar-refractivity contribution in [1.29, 1.82) is 5.26 Å². The number of carbonyl (C=O) groups is 1. The van der Waals surface area contributed by atoms with Gasteiger partial charge in [0.1, 0.15) is 5.69 Å². The van der Waals surface area contributed by atoms with Gasteiger partial charge in [0.05, 0.1) is 11.6 Å². The smallest absolute Gasteiger partial charge is 0.274 e. The van der Waals surface area contributed by atoms with E-state index in [1.165, 1.54) is 5.56 Å². The molecule has 1 amide bonds. The Kier molecular flexibility index (Phi) is 5.92. The average Bonchev–Trinajstić information content (AvgIpc) is 2.72. The maximum absolute atomic E-state index is 12.6. The minimum atomic E-state index is -0.343. The minimum Gasteiger partial charge on any atom is -0.344 e. The van der Waals surface area contributed by atoms with Crippen LogP contribution in [-0.2, 0) is 6.42 Å². The molecule has 0 radical (unpaired) electrons. The Labute approximate surface area is 163 Å². The van der Waals surface area contributed by atoms with Crippen molar-refractivity contribution in [2.45, 2.75) is 13.3 Å². The first-order valence-electron chi connectivity index (χ1n) is 8.82. The number of amides is 1. The van der Waals surface area contributed by atoms with E-state index in [2.05, 4.69) is 26.3 Å². The average molecular weight is 372 g/mol. The van der Waals surface area contributed by atoms with E-state index in [0.29, 0.717) is 29.4 Å². The Morgan fingerprint density at radius 2 is 1.96 bits per heavy atom. The SMILES string of the molecule is Cc1cc(C(=O)Nc2cccc(C#N)c2)nc(N(C)CCc2ccncc2)n1. The van der Waals surface area contributed by atoms with Crippen molar-refractivity contribution in [3.8, 4) is 6.07 Å². The fourth-order valence-corrected chi connectivity index (χ4v) is 2.65. The lowest BCUT2D eigenvalue weighted by Gasteiger charge is -2.18. The van der Waals surface area contributed by atoms with Crippen molar-refractivity contribution in [1.82, 2.24) is 15.0 Å². The second kappa shape index (κ2) is 8.73. The zero-order chi connectivity index (χ0) is 19.9. The second-order valence-electron chi connectivity index (χ2n) is 6.37. The minimum absolute atomic E-state index is 0.278. The Morgan fingerprint density at radius 3 is 2.71 bits per heavy atom. The van der Waals surface area contributed by atoms with Gasteiger partial charge in [-0.1, -0.05) is 6.07 Å². The van der Waals surface area contributed by atoms with Crippen molar-refractivity contribution in [2.75, 3.05) is 23.8 Å². The number of nitriles is 1. The first-order chi connectivity index (χ1) is 13.5. The molecule has 0 unspecified atom stereocenters. The van der Waals surface area contributed by atoms with E-state index in [4.69, 9.17) is 5.26 Å². The summed E-state index contributed by atoms with van der Waals surface area (Å²) in [6.45, 7) is 2.54. The van der Waals surface area contributed by atoms with E-state index in [0.717, 1.165) is 6.42 Å². The molecule has 2 heterocycles. The van der Waals surface area contributed by atoms with E-state index in [-0.39, 0.29) is 11.6 Å². The van der Waals surface area contributed by atoms with Crippen molar-refractivity contribution in [3.63, 3.8) is 0 Å². The molecule has 0 bridgehead atoms. The molecule has 7 heteroatoms. The molecule has 1 aromatic carbocycles. The van der Waals surface area contributed by atoms with Gasteiger partial charge in [-0.15, -0.1) is 0 Å². The van der Waals surface area contributed by atoms with Gasteiger partial charge in [-0.2, -0.15) is 5.26 Å². The summed E-state index contributed by atoms with van der Waals surface area (Å²) < 4.78 is 0. The Bertz CT molecular complexity index is 1010. The fraction of sp³-hybridized carbons (Fsp3) is 0.190. The normalized spacial score (nSPS) is 10.2. The fourth-order valence-electron chi connectivity index (χ4n) is 2.65. The number of pyridine rings is 1. The summed E-state index contributed by atoms with van der Waals surface area (Å²) >= 11 is 0. The number of nitrogens with zero attached hydrogens (tertiary/aromatic N) is 5. The first-order valence-corrected chi connectivity index (χ1v) is 8.82. The van der Waals surface area contributed by atoms with Crippen LogP contribution in [0.1, 0.15) is 27.3 Å². The van der Waals surface area contributed by atoms with Gasteiger partial charge >= 0.3 is 0 Å². The molecule has 0 saturated carbocycles. The Morgan fingerprint density at radius 1 is 1.18 bits per heavy atom. The van der Waals surface area contributed by atoms with Crippen molar-refractivity contribution >= 4 is 17.5 Å². The van der Waals surface area contributed by atoms with E-state index < -0.39 is 0 Å². The molecular formula is C21H20N6O. The van der Waals surface area contributed by atoms with Crippen LogP contribution in [0.3, 0.4) is 0 Å². The molecule has 0 saturated heterocycles. The van der Waals surface area contributed by atoms with Crippen LogP contribution in [0.2, 0.25) is 0 Å². The summed E-state index contributed by atoms with van der Waals surface area (Å²) in [5.74, 6) is 0.148. The molecular weight excluding hydrogens is 352 g/mol. The van der Waals surface area contributed by atoms with Crippen LogP contribution in [0.5, 0.6) is 0 Å². The topological polar surface area (TPSA) is 94.8 Å². The van der Waals surface area contributed by atoms with Crippen molar-refractivity contribution in [2.24, 2.45) is 0 Å². The van der Waals surface area contributed by atoms with Gasteiger partial charge in [0.15, 0.2) is 0 Å². The third kappa shape index (κ3) is 4.89. The highest BCUT2D eigenvalue weighted by atomic mass is 16.1. The number of carbonyl (C=O) groups excluding carboxylic acids is 1. The molecule has 2 aromatic heterocycles. The summed E-state index contributed by atoms with van der Waals surface area (Å²) in [6.07, 6.45) is 4.35. The van der Waals surface area contributed by atoms with Gasteiger partial charge in [-0.05, 0) is 55.3 Å². The zero-order valence-electron chi connectivity index (χ0n) is 15.8. The molecule has 0 atom stereocenters. The summed E-state index contributed by atoms with van der Waals surface area (Å²) in [6, 6.07) is 14.4. The van der Waals surface area contributed by atoms with Gasteiger partial charge in [0.2, 0.25) is 5.95 Å². The zero-order valence-corrected chi connectivity index (χ0v) is 15.8. The van der Waals surface area contributed by atoms with Crippen LogP contribution in [0, 0.1) is 18.3 Å². The number of rotatable bonds is 6. The van der Waals surface area contributed by atoms with Crippen LogP contribution in [0.25, 0.3) is 0 Å². The van der Waals surface area contributed by atoms with Crippen LogP contribution in [-0.4, -0.2) is 34.5 Å². The third-order valence-electron chi connectivity index (χ3n) is 4.15. The molecule has 140 valence electrons. The lowest BCUT2D eigenvalue weighted by Crippen LogP contribution is -2.24. The number of hydrogen-bond donors (Lipinski definition) is 1. The summed E-state index contributed by atoms with van der Waals surface area (Å²) in [5, 5.41) is 11.8. The van der Waals surface area contributed by atoms with E-state index in [1.54, 1.807) is 42.7 Å². The molecule has 3 rings (SSSR count). The highest BCUT2D eigenvalue weighted by Crippen LogP contribution is 2.14. The van der Waals surface area contributed by atoms with Crippen LogP contribution >= 0.6 is 0 Å². The highest BCUT2D eigenvalue weighted by molar-refractivity contribution is 6.03. The highest BCUT2D eigenvalue weighted by Gasteiger charge is 2.13. The van der Waals surface area contributed by atoms with Crippen LogP contribution in [0.4, 0.5) is 11.6 Å². The number of hydrogen-bond acceptors (Lipinski definition) is 6. The van der Waals surface area contributed by atoms with Gasteiger partial charge in [-0.25, -0.2) is 9.97 Å². The molecule has 0 aliphatic rings. The number of anilines is 2. The van der Waals surface area contributed by atoms with Gasteiger partial charge in [-0.3, -0.25) is 9.78 Å². The van der Waals surface area contributed by atoms with Crippen molar-refractivity contribution < 1.29 is 4.79 Å². The molecule has 0 aliphatic heterocycles. The van der Waals surface area contributed by atoms with E-state index in [1.807, 2.05) is 31.0 Å². The first kappa shape index (κ1) is 19.0. The quantitative estimate of drug-likeness (QED) is 0.715. The third-order valence-corrected chi connectivity index (χ3v) is 4.15. The molecule has 3 aromatic rings. The van der Waals surface area contributed by atoms with E-state index >= 15 is 0 Å². The standard InChI is InChI=1S/C21H20N6O/c1-15-12-19(20(28)25-18-5-3-4-17(13-18)14-22)26-21(24-15)27(2)11-8-16-6-9-23-10-7-16/h3-7,9-10,12-13H,8,11H2,1-2H3,(H,25,28). The number of benzene rings is 1. The largest absolute Gasteiger partial charge is 0.344 e. The molecule has 28 heavy (non-hydrogen) atoms. The molecule has 0 fully saturated rings. The molecule has 7 nitrogen and oxygen atoms in total. The van der Waals surface area contributed by atoms with E-state index in [9.17, 15) is 4.79 Å². The predicted octanol–water partition coefficient (Wildman–Crippen LogP) is 2.98. The molecule has 0 spiro atoms. The summed E-state index contributed by atoms with van der Waals surface area (Å²) in [7, 11) is 1.90. The molecule has 1 N–H and O–H groups in total. The maximum atomic E-state index is 12.6. The van der Waals surface area contributed by atoms with Gasteiger partial charge < -0.3 is 10.2 Å². The van der Waals surface area contributed by atoms with Crippen molar-refractivity contribution in [3.05, 3.63) is 77.4 Å². The monoisotopic (exact) mass is 372 g/mol. The number of nitrogens with one attached hydrogen (secondary N) is 1.